The number of nitrogens with zero attached hydrogens (tertiary/aromatic N) is 2. The van der Waals surface area contributed by atoms with E-state index in [4.69, 9.17) is 0 Å². The molecule has 0 radical (unpaired) electrons. The molecule has 90 valence electrons. The topological polar surface area (TPSA) is 29.9 Å². The quantitative estimate of drug-likeness (QED) is 0.795. The average molecular weight is 247 g/mol. The molecular weight excluding hydrogens is 230 g/mol. The molecule has 0 atom stereocenters. The van der Waals surface area contributed by atoms with E-state index in [9.17, 15) is 0 Å². The summed E-state index contributed by atoms with van der Waals surface area (Å²) in [6.07, 6.45) is 4.95. The Labute approximate surface area is 106 Å². The van der Waals surface area contributed by atoms with Crippen molar-refractivity contribution in [1.29, 1.82) is 0 Å². The standard InChI is InChI=1S/C13H17N3S/c1-3-7-16-9-11(2)15-13(16)14-6-4-12-5-8-17-10-12/h3,5,8-10H,1,4,6-7H2,2H3,(H,14,15). The highest BCUT2D eigenvalue weighted by Gasteiger charge is 2.03. The molecule has 2 aromatic heterocycles. The zero-order valence-electron chi connectivity index (χ0n) is 10.0. The molecule has 3 nitrogen and oxygen atoms in total. The maximum atomic E-state index is 4.45. The molecule has 0 spiro atoms. The van der Waals surface area contributed by atoms with Crippen molar-refractivity contribution in [3.05, 3.63) is 46.9 Å². The van der Waals surface area contributed by atoms with Crippen LogP contribution in [0.2, 0.25) is 0 Å². The van der Waals surface area contributed by atoms with Crippen molar-refractivity contribution in [2.45, 2.75) is 19.9 Å². The van der Waals surface area contributed by atoms with E-state index in [-0.39, 0.29) is 0 Å². The van der Waals surface area contributed by atoms with E-state index in [1.165, 1.54) is 5.56 Å². The molecule has 0 aliphatic carbocycles. The van der Waals surface area contributed by atoms with Crippen molar-refractivity contribution in [2.24, 2.45) is 0 Å². The van der Waals surface area contributed by atoms with Crippen molar-refractivity contribution in [3.8, 4) is 0 Å². The molecule has 2 aromatic rings. The smallest absolute Gasteiger partial charge is 0.203 e. The first kappa shape index (κ1) is 11.9. The maximum absolute atomic E-state index is 4.45. The molecule has 0 amide bonds. The molecule has 0 saturated carbocycles. The number of imidazole rings is 1. The van der Waals surface area contributed by atoms with Crippen molar-refractivity contribution < 1.29 is 0 Å². The summed E-state index contributed by atoms with van der Waals surface area (Å²) < 4.78 is 2.08. The second-order valence-electron chi connectivity index (χ2n) is 3.96. The van der Waals surface area contributed by atoms with Gasteiger partial charge < -0.3 is 9.88 Å². The fourth-order valence-corrected chi connectivity index (χ4v) is 2.42. The molecule has 0 aliphatic rings. The Morgan fingerprint density at radius 3 is 3.18 bits per heavy atom. The summed E-state index contributed by atoms with van der Waals surface area (Å²) in [4.78, 5) is 4.45. The molecule has 0 unspecified atom stereocenters. The van der Waals surface area contributed by atoms with E-state index >= 15 is 0 Å². The van der Waals surface area contributed by atoms with Crippen LogP contribution in [0.25, 0.3) is 0 Å². The maximum Gasteiger partial charge on any atom is 0.203 e. The number of aromatic nitrogens is 2. The first-order valence-corrected chi connectivity index (χ1v) is 6.63. The fraction of sp³-hybridized carbons (Fsp3) is 0.308. The van der Waals surface area contributed by atoms with Crippen LogP contribution in [0.4, 0.5) is 5.95 Å². The minimum absolute atomic E-state index is 0.793. The number of rotatable bonds is 6. The van der Waals surface area contributed by atoms with Crippen molar-refractivity contribution >= 4 is 17.3 Å². The van der Waals surface area contributed by atoms with Crippen LogP contribution in [0.3, 0.4) is 0 Å². The van der Waals surface area contributed by atoms with Crippen LogP contribution in [0.1, 0.15) is 11.3 Å². The predicted octanol–water partition coefficient (Wildman–Crippen LogP) is 3.09. The van der Waals surface area contributed by atoms with Gasteiger partial charge in [-0.1, -0.05) is 6.08 Å². The van der Waals surface area contributed by atoms with Crippen molar-refractivity contribution in [3.63, 3.8) is 0 Å². The van der Waals surface area contributed by atoms with Gasteiger partial charge in [-0.15, -0.1) is 6.58 Å². The summed E-state index contributed by atoms with van der Waals surface area (Å²) in [6, 6.07) is 2.16. The molecule has 0 fully saturated rings. The van der Waals surface area contributed by atoms with Crippen molar-refractivity contribution in [2.75, 3.05) is 11.9 Å². The molecule has 0 saturated heterocycles. The second-order valence-corrected chi connectivity index (χ2v) is 4.74. The monoisotopic (exact) mass is 247 g/mol. The lowest BCUT2D eigenvalue weighted by atomic mass is 10.2. The van der Waals surface area contributed by atoms with Crippen molar-refractivity contribution in [1.82, 2.24) is 9.55 Å². The number of thiophene rings is 1. The Hall–Kier alpha value is -1.55. The van der Waals surface area contributed by atoms with Crippen LogP contribution >= 0.6 is 11.3 Å². The normalized spacial score (nSPS) is 10.4. The Bertz CT molecular complexity index is 471. The van der Waals surface area contributed by atoms with Gasteiger partial charge in [0.15, 0.2) is 0 Å². The summed E-state index contributed by atoms with van der Waals surface area (Å²) in [5.74, 6) is 0.928. The second kappa shape index (κ2) is 5.68. The van der Waals surface area contributed by atoms with E-state index in [0.29, 0.717) is 0 Å². The van der Waals surface area contributed by atoms with Gasteiger partial charge in [0.05, 0.1) is 5.69 Å². The Morgan fingerprint density at radius 2 is 2.47 bits per heavy atom. The molecular formula is C13H17N3S. The molecule has 17 heavy (non-hydrogen) atoms. The first-order valence-electron chi connectivity index (χ1n) is 5.69. The van der Waals surface area contributed by atoms with Gasteiger partial charge in [0.1, 0.15) is 0 Å². The number of hydrogen-bond acceptors (Lipinski definition) is 3. The van der Waals surface area contributed by atoms with Gasteiger partial charge in [0.25, 0.3) is 0 Å². The van der Waals surface area contributed by atoms with Crippen LogP contribution in [0.5, 0.6) is 0 Å². The number of anilines is 1. The third kappa shape index (κ3) is 3.20. The Balaban J connectivity index is 1.91. The first-order chi connectivity index (χ1) is 8.29. The van der Waals surface area contributed by atoms with Gasteiger partial charge >= 0.3 is 0 Å². The number of aryl methyl sites for hydroxylation is 1. The van der Waals surface area contributed by atoms with Gasteiger partial charge in [-0.05, 0) is 35.7 Å². The van der Waals surface area contributed by atoms with Gasteiger partial charge in [-0.25, -0.2) is 4.98 Å². The molecule has 4 heteroatoms. The van der Waals surface area contributed by atoms with Crippen LogP contribution < -0.4 is 5.32 Å². The van der Waals surface area contributed by atoms with Crippen LogP contribution in [-0.2, 0) is 13.0 Å². The van der Waals surface area contributed by atoms with E-state index in [1.807, 2.05) is 19.2 Å². The summed E-state index contributed by atoms with van der Waals surface area (Å²) in [5, 5.41) is 7.66. The number of nitrogens with one attached hydrogen (secondary N) is 1. The molecule has 0 aliphatic heterocycles. The molecule has 1 N–H and O–H groups in total. The third-order valence-corrected chi connectivity index (χ3v) is 3.23. The minimum Gasteiger partial charge on any atom is -0.355 e. The molecule has 2 heterocycles. The van der Waals surface area contributed by atoms with Gasteiger partial charge in [0.2, 0.25) is 5.95 Å². The fourth-order valence-electron chi connectivity index (χ4n) is 1.72. The average Bonchev–Trinajstić information content (AvgIpc) is 2.90. The van der Waals surface area contributed by atoms with Crippen LogP contribution in [-0.4, -0.2) is 16.1 Å². The summed E-state index contributed by atoms with van der Waals surface area (Å²) >= 11 is 1.74. The third-order valence-electron chi connectivity index (χ3n) is 2.50. The van der Waals surface area contributed by atoms with E-state index < -0.39 is 0 Å². The van der Waals surface area contributed by atoms with Gasteiger partial charge in [-0.2, -0.15) is 11.3 Å². The zero-order chi connectivity index (χ0) is 12.1. The van der Waals surface area contributed by atoms with Gasteiger partial charge in [-0.3, -0.25) is 0 Å². The number of hydrogen-bond donors (Lipinski definition) is 1. The van der Waals surface area contributed by atoms with E-state index in [2.05, 4.69) is 38.3 Å². The highest BCUT2D eigenvalue weighted by atomic mass is 32.1. The largest absolute Gasteiger partial charge is 0.355 e. The molecule has 0 bridgehead atoms. The number of allylic oxidation sites excluding steroid dienone is 1. The summed E-state index contributed by atoms with van der Waals surface area (Å²) in [7, 11) is 0. The van der Waals surface area contributed by atoms with E-state index in [0.717, 1.165) is 31.2 Å². The lowest BCUT2D eigenvalue weighted by Gasteiger charge is -2.07. The molecule has 2 rings (SSSR count). The SMILES string of the molecule is C=CCn1cc(C)nc1NCCc1ccsc1. The van der Waals surface area contributed by atoms with E-state index in [1.54, 1.807) is 11.3 Å². The minimum atomic E-state index is 0.793. The molecule has 0 aromatic carbocycles. The highest BCUT2D eigenvalue weighted by molar-refractivity contribution is 7.07. The zero-order valence-corrected chi connectivity index (χ0v) is 10.8. The van der Waals surface area contributed by atoms with Crippen LogP contribution in [0, 0.1) is 6.92 Å². The Kier molecular flexibility index (Phi) is 3.98. The van der Waals surface area contributed by atoms with Crippen LogP contribution in [0.15, 0.2) is 35.7 Å². The summed E-state index contributed by atoms with van der Waals surface area (Å²) in [5.41, 5.74) is 2.41. The highest BCUT2D eigenvalue weighted by Crippen LogP contribution is 2.10. The van der Waals surface area contributed by atoms with Gasteiger partial charge in [0, 0.05) is 19.3 Å². The lowest BCUT2D eigenvalue weighted by molar-refractivity contribution is 0.817. The lowest BCUT2D eigenvalue weighted by Crippen LogP contribution is -2.09. The Morgan fingerprint density at radius 1 is 1.59 bits per heavy atom. The summed E-state index contributed by atoms with van der Waals surface area (Å²) in [6.45, 7) is 7.46. The predicted molar refractivity (Wildman–Crippen MR) is 73.7 cm³/mol.